The molecule has 114 valence electrons. The molecule has 2 N–H and O–H groups in total. The van der Waals surface area contributed by atoms with Gasteiger partial charge in [0.2, 0.25) is 10.0 Å². The number of hydrogen-bond acceptors (Lipinski definition) is 4. The SMILES string of the molecule is CCCCc1c(S(N)(=O)=O)sc(OC)c1-c1ccccc1. The Morgan fingerprint density at radius 2 is 1.90 bits per heavy atom. The summed E-state index contributed by atoms with van der Waals surface area (Å²) in [6.45, 7) is 2.07. The zero-order valence-electron chi connectivity index (χ0n) is 12.1. The van der Waals surface area contributed by atoms with Crippen LogP contribution in [0, 0.1) is 0 Å². The van der Waals surface area contributed by atoms with Crippen molar-refractivity contribution in [2.75, 3.05) is 7.11 Å². The van der Waals surface area contributed by atoms with Crippen molar-refractivity contribution in [1.82, 2.24) is 0 Å². The summed E-state index contributed by atoms with van der Waals surface area (Å²) in [5.41, 5.74) is 2.57. The molecule has 2 aromatic rings. The highest BCUT2D eigenvalue weighted by Crippen LogP contribution is 2.44. The van der Waals surface area contributed by atoms with Crippen LogP contribution in [-0.4, -0.2) is 15.5 Å². The quantitative estimate of drug-likeness (QED) is 0.885. The highest BCUT2D eigenvalue weighted by Gasteiger charge is 2.25. The molecular formula is C15H19NO3S2. The van der Waals surface area contributed by atoms with Gasteiger partial charge in [-0.3, -0.25) is 0 Å². The Bertz CT molecular complexity index is 706. The largest absolute Gasteiger partial charge is 0.487 e. The van der Waals surface area contributed by atoms with Gasteiger partial charge in [-0.15, -0.1) is 0 Å². The third-order valence-corrected chi connectivity index (χ3v) is 5.92. The fourth-order valence-electron chi connectivity index (χ4n) is 2.27. The predicted octanol–water partition coefficient (Wildman–Crippen LogP) is 3.41. The van der Waals surface area contributed by atoms with Crippen LogP contribution in [0.4, 0.5) is 0 Å². The van der Waals surface area contributed by atoms with Crippen molar-refractivity contribution in [2.24, 2.45) is 5.14 Å². The van der Waals surface area contributed by atoms with E-state index in [1.54, 1.807) is 7.11 Å². The predicted molar refractivity (Wildman–Crippen MR) is 86.3 cm³/mol. The third-order valence-electron chi connectivity index (χ3n) is 3.22. The van der Waals surface area contributed by atoms with Gasteiger partial charge >= 0.3 is 0 Å². The van der Waals surface area contributed by atoms with Crippen molar-refractivity contribution < 1.29 is 13.2 Å². The summed E-state index contributed by atoms with van der Waals surface area (Å²) in [5, 5.41) is 5.97. The van der Waals surface area contributed by atoms with Gasteiger partial charge in [0.05, 0.1) is 7.11 Å². The molecule has 21 heavy (non-hydrogen) atoms. The number of hydrogen-bond donors (Lipinski definition) is 1. The molecule has 0 aliphatic carbocycles. The molecule has 0 fully saturated rings. The lowest BCUT2D eigenvalue weighted by molar-refractivity contribution is 0.428. The third kappa shape index (κ3) is 3.45. The van der Waals surface area contributed by atoms with Crippen LogP contribution in [0.2, 0.25) is 0 Å². The second-order valence-corrected chi connectivity index (χ2v) is 7.49. The lowest BCUT2D eigenvalue weighted by Crippen LogP contribution is -2.12. The number of benzene rings is 1. The number of unbranched alkanes of at least 4 members (excludes halogenated alkanes) is 1. The second-order valence-electron chi connectivity index (χ2n) is 4.75. The first kappa shape index (κ1) is 16.0. The van der Waals surface area contributed by atoms with E-state index in [1.807, 2.05) is 30.3 Å². The molecule has 0 amide bonds. The van der Waals surface area contributed by atoms with E-state index in [4.69, 9.17) is 9.88 Å². The molecule has 0 unspecified atom stereocenters. The zero-order chi connectivity index (χ0) is 15.5. The number of primary sulfonamides is 1. The lowest BCUT2D eigenvalue weighted by atomic mass is 10.0. The summed E-state index contributed by atoms with van der Waals surface area (Å²) in [6.07, 6.45) is 2.56. The van der Waals surface area contributed by atoms with Crippen LogP contribution in [0.5, 0.6) is 5.06 Å². The maximum atomic E-state index is 11.9. The van der Waals surface area contributed by atoms with Crippen LogP contribution < -0.4 is 9.88 Å². The van der Waals surface area contributed by atoms with Crippen molar-refractivity contribution in [3.8, 4) is 16.2 Å². The molecule has 0 spiro atoms. The normalized spacial score (nSPS) is 11.6. The minimum absolute atomic E-state index is 0.214. The first-order valence-corrected chi connectivity index (χ1v) is 9.13. The Balaban J connectivity index is 2.69. The van der Waals surface area contributed by atoms with Crippen LogP contribution in [0.3, 0.4) is 0 Å². The Labute approximate surface area is 129 Å². The minimum Gasteiger partial charge on any atom is -0.487 e. The van der Waals surface area contributed by atoms with Crippen molar-refractivity contribution >= 4 is 21.4 Å². The molecule has 0 saturated heterocycles. The van der Waals surface area contributed by atoms with Gasteiger partial charge < -0.3 is 4.74 Å². The number of methoxy groups -OCH3 is 1. The Morgan fingerprint density at radius 1 is 1.24 bits per heavy atom. The van der Waals surface area contributed by atoms with Gasteiger partial charge in [0.15, 0.2) is 5.06 Å². The molecule has 0 aliphatic heterocycles. The molecule has 0 atom stereocenters. The highest BCUT2D eigenvalue weighted by molar-refractivity contribution is 7.91. The second kappa shape index (κ2) is 6.60. The van der Waals surface area contributed by atoms with Crippen LogP contribution in [0.15, 0.2) is 34.5 Å². The summed E-state index contributed by atoms with van der Waals surface area (Å²) in [4.78, 5) is 0. The fourth-order valence-corrected chi connectivity index (χ4v) is 4.43. The van der Waals surface area contributed by atoms with Crippen molar-refractivity contribution in [2.45, 2.75) is 30.4 Å². The number of nitrogens with two attached hydrogens (primary N) is 1. The first-order chi connectivity index (χ1) is 9.99. The van der Waals surface area contributed by atoms with E-state index in [-0.39, 0.29) is 4.21 Å². The van der Waals surface area contributed by atoms with Crippen LogP contribution in [-0.2, 0) is 16.4 Å². The van der Waals surface area contributed by atoms with E-state index in [0.29, 0.717) is 11.5 Å². The zero-order valence-corrected chi connectivity index (χ0v) is 13.8. The van der Waals surface area contributed by atoms with E-state index < -0.39 is 10.0 Å². The number of ether oxygens (including phenoxy) is 1. The van der Waals surface area contributed by atoms with E-state index in [0.717, 1.165) is 40.9 Å². The standard InChI is InChI=1S/C15H19NO3S2/c1-3-4-10-12-13(11-8-6-5-7-9-11)14(19-2)20-15(12)21(16,17)18/h5-9H,3-4,10H2,1-2H3,(H2,16,17,18). The molecule has 0 radical (unpaired) electrons. The van der Waals surface area contributed by atoms with E-state index in [2.05, 4.69) is 6.92 Å². The molecule has 6 heteroatoms. The molecule has 1 heterocycles. The van der Waals surface area contributed by atoms with Crippen molar-refractivity contribution in [3.63, 3.8) is 0 Å². The van der Waals surface area contributed by atoms with Gasteiger partial charge in [-0.1, -0.05) is 55.0 Å². The molecule has 1 aromatic heterocycles. The number of sulfonamides is 1. The van der Waals surface area contributed by atoms with E-state index >= 15 is 0 Å². The van der Waals surface area contributed by atoms with Gasteiger partial charge in [-0.05, 0) is 24.0 Å². The molecule has 4 nitrogen and oxygen atoms in total. The Kier molecular flexibility index (Phi) is 5.03. The van der Waals surface area contributed by atoms with E-state index in [9.17, 15) is 8.42 Å². The summed E-state index contributed by atoms with van der Waals surface area (Å²) in [5.74, 6) is 0. The van der Waals surface area contributed by atoms with Crippen molar-refractivity contribution in [1.29, 1.82) is 0 Å². The Hall–Kier alpha value is -1.37. The monoisotopic (exact) mass is 325 g/mol. The van der Waals surface area contributed by atoms with Crippen LogP contribution >= 0.6 is 11.3 Å². The average molecular weight is 325 g/mol. The molecular weight excluding hydrogens is 306 g/mol. The summed E-state index contributed by atoms with van der Waals surface area (Å²) < 4.78 is 29.3. The minimum atomic E-state index is -3.75. The van der Waals surface area contributed by atoms with Gasteiger partial charge in [0.25, 0.3) is 0 Å². The maximum Gasteiger partial charge on any atom is 0.247 e. The lowest BCUT2D eigenvalue weighted by Gasteiger charge is -2.08. The van der Waals surface area contributed by atoms with Gasteiger partial charge in [-0.2, -0.15) is 0 Å². The fraction of sp³-hybridized carbons (Fsp3) is 0.333. The first-order valence-electron chi connectivity index (χ1n) is 6.77. The number of thiophene rings is 1. The van der Waals surface area contributed by atoms with Gasteiger partial charge in [-0.25, -0.2) is 13.6 Å². The summed E-state index contributed by atoms with van der Waals surface area (Å²) in [6, 6.07) is 9.67. The summed E-state index contributed by atoms with van der Waals surface area (Å²) >= 11 is 1.10. The maximum absolute atomic E-state index is 11.9. The van der Waals surface area contributed by atoms with E-state index in [1.165, 1.54) is 0 Å². The topological polar surface area (TPSA) is 69.4 Å². The van der Waals surface area contributed by atoms with Gasteiger partial charge in [0.1, 0.15) is 4.21 Å². The smallest absolute Gasteiger partial charge is 0.247 e. The molecule has 0 aliphatic rings. The van der Waals surface area contributed by atoms with Crippen LogP contribution in [0.1, 0.15) is 25.3 Å². The summed E-state index contributed by atoms with van der Waals surface area (Å²) in [7, 11) is -2.19. The van der Waals surface area contributed by atoms with Crippen LogP contribution in [0.25, 0.3) is 11.1 Å². The average Bonchev–Trinajstić information content (AvgIpc) is 2.84. The molecule has 0 bridgehead atoms. The number of rotatable bonds is 6. The molecule has 2 rings (SSSR count). The Morgan fingerprint density at radius 3 is 2.43 bits per heavy atom. The molecule has 0 saturated carbocycles. The highest BCUT2D eigenvalue weighted by atomic mass is 32.2. The van der Waals surface area contributed by atoms with Gasteiger partial charge in [0, 0.05) is 5.56 Å². The van der Waals surface area contributed by atoms with Crippen molar-refractivity contribution in [3.05, 3.63) is 35.9 Å². The molecule has 1 aromatic carbocycles.